The first kappa shape index (κ1) is 17.8. The lowest BCUT2D eigenvalue weighted by Crippen LogP contribution is -2.20. The molecular weight excluding hydrogens is 348 g/mol. The highest BCUT2D eigenvalue weighted by molar-refractivity contribution is 6.30. The number of ether oxygens (including phenoxy) is 1. The molecule has 0 heterocycles. The molecular formula is C21H19ClN2O2. The fraction of sp³-hybridized carbons (Fsp3) is 0.0952. The van der Waals surface area contributed by atoms with Gasteiger partial charge in [0.15, 0.2) is 6.61 Å². The quantitative estimate of drug-likeness (QED) is 0.613. The predicted molar refractivity (Wildman–Crippen MR) is 106 cm³/mol. The molecule has 3 aromatic carbocycles. The fourth-order valence-electron chi connectivity index (χ4n) is 2.36. The summed E-state index contributed by atoms with van der Waals surface area (Å²) in [7, 11) is 0. The summed E-state index contributed by atoms with van der Waals surface area (Å²) in [6.45, 7) is 1.96. The normalized spacial score (nSPS) is 10.2. The van der Waals surface area contributed by atoms with Gasteiger partial charge in [0, 0.05) is 10.7 Å². The van der Waals surface area contributed by atoms with Gasteiger partial charge in [0.25, 0.3) is 5.91 Å². The molecule has 0 aliphatic carbocycles. The monoisotopic (exact) mass is 366 g/mol. The Labute approximate surface area is 157 Å². The molecule has 3 rings (SSSR count). The van der Waals surface area contributed by atoms with E-state index in [9.17, 15) is 4.79 Å². The Morgan fingerprint density at radius 1 is 0.923 bits per heavy atom. The van der Waals surface area contributed by atoms with E-state index in [2.05, 4.69) is 10.6 Å². The zero-order chi connectivity index (χ0) is 18.4. The van der Waals surface area contributed by atoms with Crippen molar-refractivity contribution in [2.75, 3.05) is 17.2 Å². The Bertz CT molecular complexity index is 877. The molecule has 0 aliphatic heterocycles. The minimum absolute atomic E-state index is 0.0828. The van der Waals surface area contributed by atoms with E-state index >= 15 is 0 Å². The van der Waals surface area contributed by atoms with E-state index < -0.39 is 0 Å². The van der Waals surface area contributed by atoms with E-state index in [4.69, 9.17) is 16.3 Å². The molecule has 0 saturated carbocycles. The number of halogens is 1. The van der Waals surface area contributed by atoms with E-state index in [1.807, 2.05) is 55.5 Å². The van der Waals surface area contributed by atoms with Crippen LogP contribution in [-0.2, 0) is 4.79 Å². The third-order valence-electron chi connectivity index (χ3n) is 3.72. The highest BCUT2D eigenvalue weighted by Crippen LogP contribution is 2.25. The van der Waals surface area contributed by atoms with E-state index in [-0.39, 0.29) is 12.5 Å². The number of carbonyl (C=O) groups is 1. The van der Waals surface area contributed by atoms with Crippen LogP contribution in [0.4, 0.5) is 17.1 Å². The number of benzene rings is 3. The van der Waals surface area contributed by atoms with Crippen molar-refractivity contribution in [3.05, 3.63) is 83.4 Å². The smallest absolute Gasteiger partial charge is 0.262 e. The van der Waals surface area contributed by atoms with Crippen LogP contribution in [0, 0.1) is 6.92 Å². The molecule has 0 bridgehead atoms. The van der Waals surface area contributed by atoms with Crippen molar-refractivity contribution in [1.82, 2.24) is 0 Å². The van der Waals surface area contributed by atoms with Crippen LogP contribution in [0.15, 0.2) is 72.8 Å². The van der Waals surface area contributed by atoms with Gasteiger partial charge in [-0.15, -0.1) is 0 Å². The first-order valence-corrected chi connectivity index (χ1v) is 8.59. The number of hydrogen-bond donors (Lipinski definition) is 2. The maximum absolute atomic E-state index is 12.2. The first-order chi connectivity index (χ1) is 12.6. The predicted octanol–water partition coefficient (Wildman–Crippen LogP) is 5.41. The van der Waals surface area contributed by atoms with Crippen LogP contribution < -0.4 is 15.4 Å². The summed E-state index contributed by atoms with van der Waals surface area (Å²) in [6, 6.07) is 22.5. The summed E-state index contributed by atoms with van der Waals surface area (Å²) < 4.78 is 5.48. The highest BCUT2D eigenvalue weighted by Gasteiger charge is 2.08. The first-order valence-electron chi connectivity index (χ1n) is 8.21. The van der Waals surface area contributed by atoms with Crippen LogP contribution in [0.1, 0.15) is 5.56 Å². The molecule has 4 nitrogen and oxygen atoms in total. The van der Waals surface area contributed by atoms with Crippen molar-refractivity contribution in [3.63, 3.8) is 0 Å². The van der Waals surface area contributed by atoms with Gasteiger partial charge in [-0.3, -0.25) is 4.79 Å². The van der Waals surface area contributed by atoms with Crippen LogP contribution in [-0.4, -0.2) is 12.5 Å². The minimum atomic E-state index is -0.238. The topological polar surface area (TPSA) is 50.4 Å². The van der Waals surface area contributed by atoms with Crippen molar-refractivity contribution < 1.29 is 9.53 Å². The summed E-state index contributed by atoms with van der Waals surface area (Å²) in [5.74, 6) is 0.355. The Balaban J connectivity index is 1.62. The molecule has 0 aromatic heterocycles. The molecule has 0 unspecified atom stereocenters. The largest absolute Gasteiger partial charge is 0.484 e. The molecule has 26 heavy (non-hydrogen) atoms. The van der Waals surface area contributed by atoms with Gasteiger partial charge in [-0.2, -0.15) is 0 Å². The molecule has 0 saturated heterocycles. The molecule has 0 aliphatic rings. The number of amides is 1. The van der Waals surface area contributed by atoms with Crippen LogP contribution in [0.3, 0.4) is 0 Å². The van der Waals surface area contributed by atoms with Crippen molar-refractivity contribution in [2.45, 2.75) is 6.92 Å². The number of nitrogens with one attached hydrogen (secondary N) is 2. The Hall–Kier alpha value is -2.98. The van der Waals surface area contributed by atoms with Crippen molar-refractivity contribution in [1.29, 1.82) is 0 Å². The maximum Gasteiger partial charge on any atom is 0.262 e. The number of aryl methyl sites for hydroxylation is 1. The van der Waals surface area contributed by atoms with Crippen molar-refractivity contribution >= 4 is 34.6 Å². The van der Waals surface area contributed by atoms with Gasteiger partial charge in [0.1, 0.15) is 5.75 Å². The van der Waals surface area contributed by atoms with E-state index in [1.165, 1.54) is 5.56 Å². The van der Waals surface area contributed by atoms with Crippen molar-refractivity contribution in [2.24, 2.45) is 0 Å². The Morgan fingerprint density at radius 3 is 2.27 bits per heavy atom. The van der Waals surface area contributed by atoms with E-state index in [1.54, 1.807) is 24.3 Å². The second-order valence-corrected chi connectivity index (χ2v) is 6.26. The molecule has 2 N–H and O–H groups in total. The van der Waals surface area contributed by atoms with Crippen LogP contribution in [0.2, 0.25) is 5.02 Å². The fourth-order valence-corrected chi connectivity index (χ4v) is 2.49. The molecule has 0 radical (unpaired) electrons. The van der Waals surface area contributed by atoms with Crippen LogP contribution in [0.5, 0.6) is 5.75 Å². The maximum atomic E-state index is 12.2. The third kappa shape index (κ3) is 5.01. The molecule has 0 fully saturated rings. The van der Waals surface area contributed by atoms with E-state index in [0.717, 1.165) is 11.4 Å². The summed E-state index contributed by atoms with van der Waals surface area (Å²) in [4.78, 5) is 12.2. The van der Waals surface area contributed by atoms with Crippen LogP contribution >= 0.6 is 11.6 Å². The average Bonchev–Trinajstić information content (AvgIpc) is 2.65. The van der Waals surface area contributed by atoms with Crippen LogP contribution in [0.25, 0.3) is 0 Å². The van der Waals surface area contributed by atoms with Gasteiger partial charge in [-0.1, -0.05) is 41.4 Å². The summed E-state index contributed by atoms with van der Waals surface area (Å²) in [5.41, 5.74) is 3.65. The standard InChI is InChI=1S/C21H19ClN2O2/c1-15-6-10-17(11-7-15)23-19-4-2-3-5-20(19)24-21(25)14-26-18-12-8-16(22)9-13-18/h2-13,23H,14H2,1H3,(H,24,25). The van der Waals surface area contributed by atoms with Gasteiger partial charge in [0.2, 0.25) is 0 Å². The lowest BCUT2D eigenvalue weighted by molar-refractivity contribution is -0.118. The van der Waals surface area contributed by atoms with Gasteiger partial charge in [-0.05, 0) is 55.5 Å². The average molecular weight is 367 g/mol. The zero-order valence-electron chi connectivity index (χ0n) is 14.3. The molecule has 0 spiro atoms. The molecule has 1 amide bonds. The Kier molecular flexibility index (Phi) is 5.77. The summed E-state index contributed by atoms with van der Waals surface area (Å²) >= 11 is 5.83. The number of carbonyl (C=O) groups excluding carboxylic acids is 1. The zero-order valence-corrected chi connectivity index (χ0v) is 15.1. The number of rotatable bonds is 6. The minimum Gasteiger partial charge on any atom is -0.484 e. The second-order valence-electron chi connectivity index (χ2n) is 5.83. The lowest BCUT2D eigenvalue weighted by Gasteiger charge is -2.13. The molecule has 5 heteroatoms. The SMILES string of the molecule is Cc1ccc(Nc2ccccc2NC(=O)COc2ccc(Cl)cc2)cc1. The Morgan fingerprint density at radius 2 is 1.58 bits per heavy atom. The van der Waals surface area contributed by atoms with Gasteiger partial charge in [-0.25, -0.2) is 0 Å². The number of anilines is 3. The number of hydrogen-bond acceptors (Lipinski definition) is 3. The van der Waals surface area contributed by atoms with Gasteiger partial charge < -0.3 is 15.4 Å². The molecule has 0 atom stereocenters. The molecule has 132 valence electrons. The third-order valence-corrected chi connectivity index (χ3v) is 3.97. The van der Waals surface area contributed by atoms with Crippen molar-refractivity contribution in [3.8, 4) is 5.75 Å². The number of para-hydroxylation sites is 2. The van der Waals surface area contributed by atoms with Gasteiger partial charge in [0.05, 0.1) is 11.4 Å². The summed E-state index contributed by atoms with van der Waals surface area (Å²) in [5, 5.41) is 6.81. The second kappa shape index (κ2) is 8.41. The van der Waals surface area contributed by atoms with Gasteiger partial charge >= 0.3 is 0 Å². The molecule has 3 aromatic rings. The lowest BCUT2D eigenvalue weighted by atomic mass is 10.2. The summed E-state index contributed by atoms with van der Waals surface area (Å²) in [6.07, 6.45) is 0. The van der Waals surface area contributed by atoms with E-state index in [0.29, 0.717) is 16.5 Å². The highest BCUT2D eigenvalue weighted by atomic mass is 35.5.